The highest BCUT2D eigenvalue weighted by atomic mass is 35.5. The number of para-hydroxylation sites is 1. The highest BCUT2D eigenvalue weighted by molar-refractivity contribution is 7.89. The van der Waals surface area contributed by atoms with Crippen molar-refractivity contribution in [1.29, 1.82) is 0 Å². The maximum absolute atomic E-state index is 12.7. The third-order valence-corrected chi connectivity index (χ3v) is 7.45. The van der Waals surface area contributed by atoms with Crippen molar-refractivity contribution >= 4 is 49.1 Å². The van der Waals surface area contributed by atoms with Crippen molar-refractivity contribution in [1.82, 2.24) is 15.0 Å². The van der Waals surface area contributed by atoms with Gasteiger partial charge in [-0.2, -0.15) is 0 Å². The van der Waals surface area contributed by atoms with E-state index in [0.29, 0.717) is 0 Å². The van der Waals surface area contributed by atoms with Gasteiger partial charge in [-0.15, -0.1) is 11.3 Å². The zero-order chi connectivity index (χ0) is 21.8. The molecule has 9 heteroatoms. The number of carbonyl (C=O) groups is 1. The van der Waals surface area contributed by atoms with E-state index in [1.54, 1.807) is 0 Å². The van der Waals surface area contributed by atoms with Gasteiger partial charge in [-0.05, 0) is 35.9 Å². The number of nitrogens with one attached hydrogen (secondary N) is 2. The fourth-order valence-electron chi connectivity index (χ4n) is 2.96. The summed E-state index contributed by atoms with van der Waals surface area (Å²) in [4.78, 5) is 16.9. The van der Waals surface area contributed by atoms with Gasteiger partial charge in [0.2, 0.25) is 10.0 Å². The first-order valence-electron chi connectivity index (χ1n) is 9.38. The Morgan fingerprint density at radius 2 is 1.71 bits per heavy atom. The predicted molar refractivity (Wildman–Crippen MR) is 123 cm³/mol. The minimum Gasteiger partial charge on any atom is -0.346 e. The van der Waals surface area contributed by atoms with Crippen LogP contribution >= 0.6 is 22.9 Å². The predicted octanol–water partition coefficient (Wildman–Crippen LogP) is 4.36. The van der Waals surface area contributed by atoms with Crippen LogP contribution in [0.2, 0.25) is 5.02 Å². The molecule has 0 spiro atoms. The number of nitrogens with zero attached hydrogens (tertiary/aromatic N) is 1. The van der Waals surface area contributed by atoms with Crippen LogP contribution in [-0.2, 0) is 23.1 Å². The van der Waals surface area contributed by atoms with Gasteiger partial charge in [-0.25, -0.2) is 18.1 Å². The van der Waals surface area contributed by atoms with E-state index in [1.807, 2.05) is 54.6 Å². The van der Waals surface area contributed by atoms with Crippen LogP contribution in [0, 0.1) is 0 Å². The highest BCUT2D eigenvalue weighted by Crippen LogP contribution is 2.24. The second-order valence-electron chi connectivity index (χ2n) is 6.71. The van der Waals surface area contributed by atoms with E-state index in [1.165, 1.54) is 29.5 Å². The average molecular weight is 472 g/mol. The molecule has 158 valence electrons. The van der Waals surface area contributed by atoms with Gasteiger partial charge < -0.3 is 5.32 Å². The Bertz CT molecular complexity index is 1310. The number of amides is 1. The topological polar surface area (TPSA) is 88.2 Å². The second kappa shape index (κ2) is 9.15. The zero-order valence-corrected chi connectivity index (χ0v) is 18.6. The Kier molecular flexibility index (Phi) is 6.33. The van der Waals surface area contributed by atoms with Crippen LogP contribution in [0.5, 0.6) is 0 Å². The first-order chi connectivity index (χ1) is 14.9. The number of aromatic nitrogens is 1. The number of rotatable bonds is 7. The molecule has 0 aliphatic carbocycles. The van der Waals surface area contributed by atoms with Gasteiger partial charge in [-0.3, -0.25) is 4.79 Å². The molecular formula is C22H18ClN3O3S2. The summed E-state index contributed by atoms with van der Waals surface area (Å²) in [6.45, 7) is 0.364. The Morgan fingerprint density at radius 3 is 2.48 bits per heavy atom. The molecule has 0 aliphatic rings. The summed E-state index contributed by atoms with van der Waals surface area (Å²) in [5.41, 5.74) is 1.89. The molecule has 2 N–H and O–H groups in total. The Morgan fingerprint density at radius 1 is 0.968 bits per heavy atom. The molecule has 4 rings (SSSR count). The van der Waals surface area contributed by atoms with Crippen molar-refractivity contribution < 1.29 is 13.2 Å². The largest absolute Gasteiger partial charge is 0.346 e. The Balaban J connectivity index is 1.47. The molecule has 0 aliphatic heterocycles. The molecule has 0 fully saturated rings. The quantitative estimate of drug-likeness (QED) is 0.419. The number of halogens is 1. The van der Waals surface area contributed by atoms with Gasteiger partial charge in [0.15, 0.2) is 0 Å². The van der Waals surface area contributed by atoms with Crippen molar-refractivity contribution in [3.63, 3.8) is 0 Å². The third kappa shape index (κ3) is 5.11. The first-order valence-corrected chi connectivity index (χ1v) is 12.1. The normalized spacial score (nSPS) is 11.5. The third-order valence-electron chi connectivity index (χ3n) is 4.53. The molecule has 4 aromatic rings. The van der Waals surface area contributed by atoms with Crippen LogP contribution in [0.15, 0.2) is 77.7 Å². The molecule has 1 amide bonds. The van der Waals surface area contributed by atoms with Crippen LogP contribution in [0.1, 0.15) is 20.9 Å². The van der Waals surface area contributed by atoms with Crippen molar-refractivity contribution in [3.8, 4) is 0 Å². The molecule has 3 aromatic carbocycles. The summed E-state index contributed by atoms with van der Waals surface area (Å²) in [5, 5.41) is 3.59. The monoisotopic (exact) mass is 471 g/mol. The van der Waals surface area contributed by atoms with Crippen LogP contribution in [0.25, 0.3) is 10.2 Å². The maximum atomic E-state index is 12.7. The Labute approximate surface area is 189 Å². The summed E-state index contributed by atoms with van der Waals surface area (Å²) < 4.78 is 29.0. The van der Waals surface area contributed by atoms with E-state index in [9.17, 15) is 13.2 Å². The first kappa shape index (κ1) is 21.5. The van der Waals surface area contributed by atoms with Gasteiger partial charge >= 0.3 is 0 Å². The fraction of sp³-hybridized carbons (Fsp3) is 0.0909. The van der Waals surface area contributed by atoms with Crippen molar-refractivity contribution in [2.24, 2.45) is 0 Å². The lowest BCUT2D eigenvalue weighted by Crippen LogP contribution is -2.25. The van der Waals surface area contributed by atoms with Crippen LogP contribution in [-0.4, -0.2) is 19.3 Å². The summed E-state index contributed by atoms with van der Waals surface area (Å²) >= 11 is 7.62. The maximum Gasteiger partial charge on any atom is 0.251 e. The second-order valence-corrected chi connectivity index (χ2v) is 9.97. The highest BCUT2D eigenvalue weighted by Gasteiger charge is 2.20. The van der Waals surface area contributed by atoms with Crippen LogP contribution in [0.3, 0.4) is 0 Å². The molecule has 6 nitrogen and oxygen atoms in total. The molecule has 0 saturated carbocycles. The zero-order valence-electron chi connectivity index (χ0n) is 16.2. The molecule has 1 aromatic heterocycles. The number of hydrogen-bond donors (Lipinski definition) is 2. The van der Waals surface area contributed by atoms with E-state index in [4.69, 9.17) is 11.6 Å². The molecule has 0 bridgehead atoms. The van der Waals surface area contributed by atoms with Gasteiger partial charge in [0, 0.05) is 12.1 Å². The number of carbonyl (C=O) groups excluding carboxylic acids is 1. The van der Waals surface area contributed by atoms with Gasteiger partial charge in [0.1, 0.15) is 9.90 Å². The van der Waals surface area contributed by atoms with Gasteiger partial charge in [0.25, 0.3) is 5.91 Å². The molecule has 0 radical (unpaired) electrons. The summed E-state index contributed by atoms with van der Waals surface area (Å²) in [6, 6.07) is 21.0. The summed E-state index contributed by atoms with van der Waals surface area (Å²) in [5.74, 6) is -0.407. The number of hydrogen-bond acceptors (Lipinski definition) is 5. The van der Waals surface area contributed by atoms with E-state index in [0.717, 1.165) is 20.8 Å². The SMILES string of the molecule is O=C(NCc1nc2ccccc2s1)c1ccc(Cl)c(S(=O)(=O)NCc2ccccc2)c1. The standard InChI is InChI=1S/C22H18ClN3O3S2/c23-17-11-10-16(12-20(17)31(28,29)25-13-15-6-2-1-3-7-15)22(27)24-14-21-26-18-8-4-5-9-19(18)30-21/h1-12,25H,13-14H2,(H,24,27). The molecule has 0 unspecified atom stereocenters. The lowest BCUT2D eigenvalue weighted by Gasteiger charge is -2.10. The van der Waals surface area contributed by atoms with Crippen molar-refractivity contribution in [3.05, 3.63) is 94.0 Å². The van der Waals surface area contributed by atoms with E-state index < -0.39 is 15.9 Å². The number of fused-ring (bicyclic) bond motifs is 1. The summed E-state index contributed by atoms with van der Waals surface area (Å²) in [6.07, 6.45) is 0. The fourth-order valence-corrected chi connectivity index (χ4v) is 5.40. The average Bonchev–Trinajstić information content (AvgIpc) is 3.20. The van der Waals surface area contributed by atoms with Crippen LogP contribution < -0.4 is 10.0 Å². The van der Waals surface area contributed by atoms with E-state index in [2.05, 4.69) is 15.0 Å². The van der Waals surface area contributed by atoms with Gasteiger partial charge in [0.05, 0.1) is 21.8 Å². The number of thiazole rings is 1. The molecule has 0 atom stereocenters. The summed E-state index contributed by atoms with van der Waals surface area (Å²) in [7, 11) is -3.90. The molecular weight excluding hydrogens is 454 g/mol. The van der Waals surface area contributed by atoms with Gasteiger partial charge in [-0.1, -0.05) is 54.1 Å². The smallest absolute Gasteiger partial charge is 0.251 e. The molecule has 31 heavy (non-hydrogen) atoms. The van der Waals surface area contributed by atoms with E-state index in [-0.39, 0.29) is 28.6 Å². The van der Waals surface area contributed by atoms with Crippen molar-refractivity contribution in [2.45, 2.75) is 18.0 Å². The number of benzene rings is 3. The van der Waals surface area contributed by atoms with Crippen molar-refractivity contribution in [2.75, 3.05) is 0 Å². The number of sulfonamides is 1. The minimum atomic E-state index is -3.90. The molecule has 1 heterocycles. The van der Waals surface area contributed by atoms with Crippen LogP contribution in [0.4, 0.5) is 0 Å². The lowest BCUT2D eigenvalue weighted by atomic mass is 10.2. The van der Waals surface area contributed by atoms with E-state index >= 15 is 0 Å². The molecule has 0 saturated heterocycles. The lowest BCUT2D eigenvalue weighted by molar-refractivity contribution is 0.0950. The Hall–Kier alpha value is -2.78. The minimum absolute atomic E-state index is 0.0447.